The predicted molar refractivity (Wildman–Crippen MR) is 235 cm³/mol. The van der Waals surface area contributed by atoms with Gasteiger partial charge in [0, 0.05) is 86.8 Å². The molecule has 4 aromatic carbocycles. The van der Waals surface area contributed by atoms with E-state index in [1.165, 1.54) is 30.0 Å². The number of halogens is 1. The van der Waals surface area contributed by atoms with Crippen LogP contribution in [0.4, 0.5) is 17.1 Å². The third kappa shape index (κ3) is 10.1. The van der Waals surface area contributed by atoms with Gasteiger partial charge in [-0.05, 0) is 78.2 Å². The summed E-state index contributed by atoms with van der Waals surface area (Å²) in [6, 6.07) is 28.4. The molecule has 0 saturated carbocycles. The molecule has 2 aromatic heterocycles. The second-order valence-corrected chi connectivity index (χ2v) is 17.0. The summed E-state index contributed by atoms with van der Waals surface area (Å²) in [6.45, 7) is 7.95. The molecule has 3 N–H and O–H groups in total. The van der Waals surface area contributed by atoms with Crippen molar-refractivity contribution in [2.75, 3.05) is 75.8 Å². The van der Waals surface area contributed by atoms with Gasteiger partial charge >= 0.3 is 0 Å². The number of carbonyl (C=O) groups is 1. The third-order valence-corrected chi connectivity index (χ3v) is 12.5. The van der Waals surface area contributed by atoms with E-state index in [-0.39, 0.29) is 17.0 Å². The molecule has 1 amide bonds. The van der Waals surface area contributed by atoms with E-state index in [0.29, 0.717) is 49.3 Å². The lowest BCUT2D eigenvalue weighted by atomic mass is 9.99. The molecular weight excluding hydrogens is 820 g/mol. The Morgan fingerprint density at radius 2 is 1.70 bits per heavy atom. The average Bonchev–Trinajstić information content (AvgIpc) is 3.74. The van der Waals surface area contributed by atoms with Crippen LogP contribution < -0.4 is 19.7 Å². The maximum atomic E-state index is 13.9. The van der Waals surface area contributed by atoms with Crippen LogP contribution in [0.15, 0.2) is 114 Å². The number of nitro benzene ring substituents is 1. The van der Waals surface area contributed by atoms with Crippen LogP contribution >= 0.6 is 11.6 Å². The number of nitrogens with zero attached hydrogens (tertiary/aromatic N) is 5. The fraction of sp³-hybridized carbons (Fsp3) is 0.273. The van der Waals surface area contributed by atoms with Gasteiger partial charge in [0.05, 0.1) is 34.8 Å². The van der Waals surface area contributed by atoms with Gasteiger partial charge in [-0.25, -0.2) is 18.1 Å². The van der Waals surface area contributed by atoms with E-state index < -0.39 is 31.4 Å². The van der Waals surface area contributed by atoms with Gasteiger partial charge in [-0.1, -0.05) is 48.0 Å². The van der Waals surface area contributed by atoms with Crippen molar-refractivity contribution in [1.82, 2.24) is 24.5 Å². The Labute approximate surface area is 358 Å². The number of hydrogen-bond donors (Lipinski definition) is 3. The zero-order valence-electron chi connectivity index (χ0n) is 33.3. The number of fused-ring (bicyclic) bond motifs is 1. The summed E-state index contributed by atoms with van der Waals surface area (Å²) in [5.41, 5.74) is 4.62. The van der Waals surface area contributed by atoms with Gasteiger partial charge in [0.15, 0.2) is 0 Å². The van der Waals surface area contributed by atoms with Crippen molar-refractivity contribution < 1.29 is 27.6 Å². The molecule has 8 rings (SSSR count). The molecule has 0 aliphatic carbocycles. The van der Waals surface area contributed by atoms with E-state index in [1.54, 1.807) is 24.4 Å². The number of nitrogens with one attached hydrogen (secondary N) is 3. The number of H-pyrrole nitrogens is 1. The normalized spacial score (nSPS) is 15.1. The van der Waals surface area contributed by atoms with Crippen LogP contribution in [0.25, 0.3) is 22.2 Å². The second-order valence-electron chi connectivity index (χ2n) is 14.9. The third-order valence-electron chi connectivity index (χ3n) is 10.9. The number of sulfonamides is 1. The highest BCUT2D eigenvalue weighted by atomic mass is 35.5. The summed E-state index contributed by atoms with van der Waals surface area (Å²) in [5, 5.41) is 16.6. The van der Waals surface area contributed by atoms with Gasteiger partial charge in [-0.2, -0.15) is 0 Å². The molecule has 2 aliphatic rings. The molecule has 0 unspecified atom stereocenters. The standard InChI is InChI=1S/C44H45ClN8O7S/c45-34-8-6-31(7-9-34)38-5-2-1-4-33(38)30-51-18-20-52(21-19-51)35-10-12-39(42(27-35)60-36-26-32-14-16-47-43(32)48-29-36)44(54)49-61(57,58)37-11-13-40(41(28-37)53(55)56)46-15-3-17-50-22-24-59-25-23-50/h1-2,4-14,16,26-29,46H,3,15,17-25,30H2,(H,47,48)(H,49,54). The number of anilines is 2. The summed E-state index contributed by atoms with van der Waals surface area (Å²) >= 11 is 6.15. The maximum Gasteiger partial charge on any atom is 0.293 e. The van der Waals surface area contributed by atoms with Crippen LogP contribution in [0.5, 0.6) is 11.5 Å². The zero-order chi connectivity index (χ0) is 42.3. The van der Waals surface area contributed by atoms with Crippen LogP contribution in [0.1, 0.15) is 22.3 Å². The van der Waals surface area contributed by atoms with Crippen LogP contribution in [0, 0.1) is 10.1 Å². The van der Waals surface area contributed by atoms with Crippen molar-refractivity contribution in [2.45, 2.75) is 17.9 Å². The fourth-order valence-electron chi connectivity index (χ4n) is 7.62. The lowest BCUT2D eigenvalue weighted by molar-refractivity contribution is -0.384. The Balaban J connectivity index is 0.977. The van der Waals surface area contributed by atoms with E-state index in [1.807, 2.05) is 42.5 Å². The molecule has 2 saturated heterocycles. The number of aromatic amines is 1. The number of morpholine rings is 1. The number of aromatic nitrogens is 2. The molecule has 2 fully saturated rings. The molecule has 0 atom stereocenters. The molecule has 61 heavy (non-hydrogen) atoms. The maximum absolute atomic E-state index is 13.9. The molecular formula is C44H45ClN8O7S. The summed E-state index contributed by atoms with van der Waals surface area (Å²) < 4.78 is 41.1. The number of ether oxygens (including phenoxy) is 2. The summed E-state index contributed by atoms with van der Waals surface area (Å²) in [4.78, 5) is 39.2. The lowest BCUT2D eigenvalue weighted by Crippen LogP contribution is -2.46. The number of benzene rings is 4. The minimum absolute atomic E-state index is 0.0491. The average molecular weight is 865 g/mol. The van der Waals surface area contributed by atoms with Crippen molar-refractivity contribution in [2.24, 2.45) is 0 Å². The van der Waals surface area contributed by atoms with Gasteiger partial charge < -0.3 is 24.7 Å². The van der Waals surface area contributed by atoms with E-state index in [9.17, 15) is 23.3 Å². The first-order valence-corrected chi connectivity index (χ1v) is 21.9. The van der Waals surface area contributed by atoms with E-state index in [4.69, 9.17) is 21.1 Å². The van der Waals surface area contributed by atoms with Gasteiger partial charge in [-0.15, -0.1) is 0 Å². The highest BCUT2D eigenvalue weighted by Gasteiger charge is 2.27. The Kier molecular flexibility index (Phi) is 12.8. The van der Waals surface area contributed by atoms with Gasteiger partial charge in [0.1, 0.15) is 22.8 Å². The van der Waals surface area contributed by atoms with Gasteiger partial charge in [0.25, 0.3) is 21.6 Å². The summed E-state index contributed by atoms with van der Waals surface area (Å²) in [6.07, 6.45) is 3.99. The Morgan fingerprint density at radius 3 is 2.49 bits per heavy atom. The number of amides is 1. The van der Waals surface area contributed by atoms with E-state index in [2.05, 4.69) is 46.8 Å². The van der Waals surface area contributed by atoms with E-state index >= 15 is 0 Å². The minimum atomic E-state index is -4.56. The van der Waals surface area contributed by atoms with Crippen LogP contribution in [0.2, 0.25) is 5.02 Å². The molecule has 0 radical (unpaired) electrons. The topological polar surface area (TPSA) is 175 Å². The first-order valence-electron chi connectivity index (χ1n) is 20.1. The first-order chi connectivity index (χ1) is 29.6. The van der Waals surface area contributed by atoms with Crippen molar-refractivity contribution in [3.05, 3.63) is 136 Å². The number of nitro groups is 1. The first kappa shape index (κ1) is 41.7. The molecule has 2 aliphatic heterocycles. The lowest BCUT2D eigenvalue weighted by Gasteiger charge is -2.36. The largest absolute Gasteiger partial charge is 0.455 e. The van der Waals surface area contributed by atoms with Crippen LogP contribution in [-0.4, -0.2) is 105 Å². The van der Waals surface area contributed by atoms with Crippen LogP contribution in [-0.2, 0) is 21.3 Å². The van der Waals surface area contributed by atoms with Gasteiger partial charge in [-0.3, -0.25) is 24.7 Å². The number of rotatable bonds is 15. The van der Waals surface area contributed by atoms with Crippen molar-refractivity contribution in [1.29, 1.82) is 0 Å². The zero-order valence-corrected chi connectivity index (χ0v) is 34.8. The van der Waals surface area contributed by atoms with Crippen molar-refractivity contribution >= 4 is 55.6 Å². The number of hydrogen-bond acceptors (Lipinski definition) is 12. The summed E-state index contributed by atoms with van der Waals surface area (Å²) in [5.74, 6) is -0.507. The number of carbonyl (C=O) groups excluding carboxylic acids is 1. The minimum Gasteiger partial charge on any atom is -0.455 e. The fourth-order valence-corrected chi connectivity index (χ4v) is 8.73. The quantitative estimate of drug-likeness (QED) is 0.0541. The number of piperazine rings is 1. The molecule has 17 heteroatoms. The summed E-state index contributed by atoms with van der Waals surface area (Å²) in [7, 11) is -4.56. The molecule has 4 heterocycles. The van der Waals surface area contributed by atoms with Crippen molar-refractivity contribution in [3.63, 3.8) is 0 Å². The molecule has 316 valence electrons. The predicted octanol–water partition coefficient (Wildman–Crippen LogP) is 7.16. The Bertz CT molecular complexity index is 2630. The monoisotopic (exact) mass is 864 g/mol. The molecule has 0 spiro atoms. The molecule has 6 aromatic rings. The highest BCUT2D eigenvalue weighted by molar-refractivity contribution is 7.90. The van der Waals surface area contributed by atoms with Crippen LogP contribution in [0.3, 0.4) is 0 Å². The number of pyridine rings is 1. The smallest absolute Gasteiger partial charge is 0.293 e. The molecule has 15 nitrogen and oxygen atoms in total. The van der Waals surface area contributed by atoms with E-state index in [0.717, 1.165) is 74.0 Å². The van der Waals surface area contributed by atoms with Crippen molar-refractivity contribution in [3.8, 4) is 22.6 Å². The highest BCUT2D eigenvalue weighted by Crippen LogP contribution is 2.34. The Hall–Kier alpha value is -6.04. The van der Waals surface area contributed by atoms with Gasteiger partial charge in [0.2, 0.25) is 0 Å². The second kappa shape index (κ2) is 18.7. The molecule has 0 bridgehead atoms. The SMILES string of the molecule is O=C(NS(=O)(=O)c1ccc(NCCCN2CCOCC2)c([N+](=O)[O-])c1)c1ccc(N2CCN(Cc3ccccc3-c3ccc(Cl)cc3)CC2)cc1Oc1cnc2[nH]ccc2c1. The Morgan fingerprint density at radius 1 is 0.918 bits per heavy atom.